The van der Waals surface area contributed by atoms with Crippen molar-refractivity contribution in [1.82, 2.24) is 9.88 Å². The second kappa shape index (κ2) is 8.17. The summed E-state index contributed by atoms with van der Waals surface area (Å²) in [5, 5.41) is 4.35. The van der Waals surface area contributed by atoms with Crippen LogP contribution in [0.5, 0.6) is 0 Å². The maximum absolute atomic E-state index is 12.3. The lowest BCUT2D eigenvalue weighted by Crippen LogP contribution is -2.31. The maximum atomic E-state index is 12.3. The van der Waals surface area contributed by atoms with Crippen LogP contribution in [0.1, 0.15) is 12.8 Å². The monoisotopic (exact) mass is 425 g/mol. The number of amides is 1. The van der Waals surface area contributed by atoms with Crippen molar-refractivity contribution in [2.45, 2.75) is 19.4 Å². The smallest absolute Gasteiger partial charge is 0.221 e. The van der Waals surface area contributed by atoms with E-state index < -0.39 is 0 Å². The third kappa shape index (κ3) is 4.35. The third-order valence-electron chi connectivity index (χ3n) is 5.31. The van der Waals surface area contributed by atoms with Gasteiger partial charge in [-0.25, -0.2) is 0 Å². The van der Waals surface area contributed by atoms with Crippen LogP contribution in [0.4, 0.5) is 5.69 Å². The predicted molar refractivity (Wildman–Crippen MR) is 114 cm³/mol. The fourth-order valence-corrected chi connectivity index (χ4v) is 4.20. The Kier molecular flexibility index (Phi) is 5.48. The summed E-state index contributed by atoms with van der Waals surface area (Å²) in [6.07, 6.45) is 3.69. The topological polar surface area (TPSA) is 37.3 Å². The van der Waals surface area contributed by atoms with Crippen molar-refractivity contribution in [3.63, 3.8) is 0 Å². The largest absolute Gasteiger partial charge is 0.371 e. The molecule has 5 heteroatoms. The van der Waals surface area contributed by atoms with Crippen molar-refractivity contribution in [1.29, 1.82) is 0 Å². The number of rotatable bonds is 6. The Morgan fingerprint density at radius 3 is 2.93 bits per heavy atom. The van der Waals surface area contributed by atoms with Crippen molar-refractivity contribution in [2.24, 2.45) is 5.92 Å². The van der Waals surface area contributed by atoms with E-state index in [0.717, 1.165) is 30.5 Å². The lowest BCUT2D eigenvalue weighted by atomic mass is 10.1. The molecule has 0 spiro atoms. The number of anilines is 1. The molecule has 27 heavy (non-hydrogen) atoms. The number of benzene rings is 2. The highest BCUT2D eigenvalue weighted by atomic mass is 79.9. The average Bonchev–Trinajstić information content (AvgIpc) is 3.32. The Morgan fingerprint density at radius 2 is 2.04 bits per heavy atom. The van der Waals surface area contributed by atoms with Crippen LogP contribution in [-0.4, -0.2) is 30.1 Å². The third-order valence-corrected chi connectivity index (χ3v) is 5.80. The summed E-state index contributed by atoms with van der Waals surface area (Å²) in [5.41, 5.74) is 2.43. The summed E-state index contributed by atoms with van der Waals surface area (Å²) in [5.74, 6) is 0.647. The molecular weight excluding hydrogens is 402 g/mol. The van der Waals surface area contributed by atoms with Crippen LogP contribution >= 0.6 is 15.9 Å². The molecular formula is C22H24BrN3O. The summed E-state index contributed by atoms with van der Waals surface area (Å²) >= 11 is 3.54. The second-order valence-corrected chi connectivity index (χ2v) is 8.12. The molecule has 1 amide bonds. The maximum Gasteiger partial charge on any atom is 0.221 e. The van der Waals surface area contributed by atoms with E-state index in [9.17, 15) is 4.79 Å². The SMILES string of the molecule is O=C(CCn1ccc2ccccc21)NCC1CCN(c2cccc(Br)c2)C1. The van der Waals surface area contributed by atoms with Crippen LogP contribution in [0.15, 0.2) is 65.3 Å². The van der Waals surface area contributed by atoms with Gasteiger partial charge in [0.25, 0.3) is 0 Å². The van der Waals surface area contributed by atoms with E-state index >= 15 is 0 Å². The Morgan fingerprint density at radius 1 is 1.15 bits per heavy atom. The molecule has 1 N–H and O–H groups in total. The highest BCUT2D eigenvalue weighted by molar-refractivity contribution is 9.10. The molecule has 3 aromatic rings. The minimum Gasteiger partial charge on any atom is -0.371 e. The van der Waals surface area contributed by atoms with Gasteiger partial charge >= 0.3 is 0 Å². The van der Waals surface area contributed by atoms with Gasteiger partial charge in [-0.2, -0.15) is 0 Å². The number of hydrogen-bond donors (Lipinski definition) is 1. The molecule has 1 aliphatic rings. The number of carbonyl (C=O) groups is 1. The first-order chi connectivity index (χ1) is 13.2. The fraction of sp³-hybridized carbons (Fsp3) is 0.318. The van der Waals surface area contributed by atoms with Gasteiger partial charge in [-0.3, -0.25) is 4.79 Å². The molecule has 1 fully saturated rings. The Hall–Kier alpha value is -2.27. The predicted octanol–water partition coefficient (Wildman–Crippen LogP) is 4.44. The molecule has 0 aliphatic carbocycles. The summed E-state index contributed by atoms with van der Waals surface area (Å²) in [4.78, 5) is 14.7. The number of aromatic nitrogens is 1. The van der Waals surface area contributed by atoms with Crippen molar-refractivity contribution in [3.05, 3.63) is 65.3 Å². The van der Waals surface area contributed by atoms with E-state index in [4.69, 9.17) is 0 Å². The molecule has 1 aromatic heterocycles. The number of hydrogen-bond acceptors (Lipinski definition) is 2. The highest BCUT2D eigenvalue weighted by Gasteiger charge is 2.23. The van der Waals surface area contributed by atoms with E-state index in [1.807, 2.05) is 18.2 Å². The molecule has 0 radical (unpaired) electrons. The zero-order valence-electron chi connectivity index (χ0n) is 15.3. The van der Waals surface area contributed by atoms with Crippen LogP contribution in [0.25, 0.3) is 10.9 Å². The van der Waals surface area contributed by atoms with Crippen molar-refractivity contribution in [2.75, 3.05) is 24.5 Å². The minimum atomic E-state index is 0.133. The van der Waals surface area contributed by atoms with Crippen LogP contribution in [0.3, 0.4) is 0 Å². The zero-order chi connectivity index (χ0) is 18.6. The molecule has 4 nitrogen and oxygen atoms in total. The number of halogens is 1. The summed E-state index contributed by atoms with van der Waals surface area (Å²) in [6.45, 7) is 3.52. The number of carbonyl (C=O) groups excluding carboxylic acids is 1. The Bertz CT molecular complexity index is 936. The molecule has 1 unspecified atom stereocenters. The average molecular weight is 426 g/mol. The van der Waals surface area contributed by atoms with Gasteiger partial charge in [-0.15, -0.1) is 0 Å². The van der Waals surface area contributed by atoms with Crippen molar-refractivity contribution in [3.8, 4) is 0 Å². The zero-order valence-corrected chi connectivity index (χ0v) is 16.9. The molecule has 0 saturated carbocycles. The number of nitrogens with one attached hydrogen (secondary N) is 1. The first-order valence-electron chi connectivity index (χ1n) is 9.50. The molecule has 1 atom stereocenters. The lowest BCUT2D eigenvalue weighted by Gasteiger charge is -2.19. The Balaban J connectivity index is 1.24. The highest BCUT2D eigenvalue weighted by Crippen LogP contribution is 2.26. The van der Waals surface area contributed by atoms with Crippen molar-refractivity contribution >= 4 is 38.4 Å². The van der Waals surface area contributed by atoms with Gasteiger partial charge in [0.05, 0.1) is 0 Å². The molecule has 140 valence electrons. The van der Waals surface area contributed by atoms with Gasteiger partial charge < -0.3 is 14.8 Å². The number of fused-ring (bicyclic) bond motifs is 1. The van der Waals surface area contributed by atoms with E-state index in [1.54, 1.807) is 0 Å². The minimum absolute atomic E-state index is 0.133. The second-order valence-electron chi connectivity index (χ2n) is 7.20. The summed E-state index contributed by atoms with van der Waals surface area (Å²) in [6, 6.07) is 18.8. The standard InChI is InChI=1S/C22H24BrN3O/c23-19-5-3-6-20(14-19)26-11-8-17(16-26)15-24-22(27)10-13-25-12-9-18-4-1-2-7-21(18)25/h1-7,9,12,14,17H,8,10-11,13,15-16H2,(H,24,27). The van der Waals surface area contributed by atoms with Crippen LogP contribution in [0, 0.1) is 5.92 Å². The lowest BCUT2D eigenvalue weighted by molar-refractivity contribution is -0.121. The normalized spacial score (nSPS) is 16.8. The molecule has 1 saturated heterocycles. The van der Waals surface area contributed by atoms with E-state index in [0.29, 0.717) is 18.9 Å². The Labute approximate surface area is 168 Å². The van der Waals surface area contributed by atoms with Gasteiger partial charge in [0.1, 0.15) is 0 Å². The first kappa shape index (κ1) is 18.1. The molecule has 0 bridgehead atoms. The fourth-order valence-electron chi connectivity index (χ4n) is 3.81. The van der Waals surface area contributed by atoms with Gasteiger partial charge in [0.2, 0.25) is 5.91 Å². The molecule has 2 heterocycles. The van der Waals surface area contributed by atoms with Crippen LogP contribution in [0.2, 0.25) is 0 Å². The van der Waals surface area contributed by atoms with Gasteiger partial charge in [0.15, 0.2) is 0 Å². The van der Waals surface area contributed by atoms with Crippen LogP contribution < -0.4 is 10.2 Å². The van der Waals surface area contributed by atoms with Crippen molar-refractivity contribution < 1.29 is 4.79 Å². The number of aryl methyl sites for hydroxylation is 1. The molecule has 2 aromatic carbocycles. The van der Waals surface area contributed by atoms with Gasteiger partial charge in [0, 0.05) is 54.5 Å². The summed E-state index contributed by atoms with van der Waals surface area (Å²) in [7, 11) is 0. The molecule has 4 rings (SSSR count). The first-order valence-corrected chi connectivity index (χ1v) is 10.3. The summed E-state index contributed by atoms with van der Waals surface area (Å²) < 4.78 is 3.26. The van der Waals surface area contributed by atoms with E-state index in [-0.39, 0.29) is 5.91 Å². The van der Waals surface area contributed by atoms with Gasteiger partial charge in [-0.1, -0.05) is 40.2 Å². The van der Waals surface area contributed by atoms with E-state index in [1.165, 1.54) is 16.6 Å². The number of nitrogens with zero attached hydrogens (tertiary/aromatic N) is 2. The number of para-hydroxylation sites is 1. The quantitative estimate of drug-likeness (QED) is 0.633. The van der Waals surface area contributed by atoms with Gasteiger partial charge in [-0.05, 0) is 48.1 Å². The van der Waals surface area contributed by atoms with E-state index in [2.05, 4.69) is 73.3 Å². The molecule has 1 aliphatic heterocycles. The van der Waals surface area contributed by atoms with Crippen LogP contribution in [-0.2, 0) is 11.3 Å².